The number of aliphatic hydroxyl groups is 1. The minimum absolute atomic E-state index is 0.0866. The third kappa shape index (κ3) is 4.46. The minimum atomic E-state index is 0.0866. The standard InChI is InChI=1S/C12H22N4O2/c1-4-13-12-14-10(2)9-11(15-12)16(5-7-17)6-8-18-3/h9,17H,4-8H2,1-3H3,(H,13,14,15). The smallest absolute Gasteiger partial charge is 0.224 e. The molecule has 6 heteroatoms. The molecular weight excluding hydrogens is 232 g/mol. The molecule has 102 valence electrons. The highest BCUT2D eigenvalue weighted by atomic mass is 16.5. The summed E-state index contributed by atoms with van der Waals surface area (Å²) in [5, 5.41) is 12.2. The van der Waals surface area contributed by atoms with E-state index >= 15 is 0 Å². The summed E-state index contributed by atoms with van der Waals surface area (Å²) in [6.45, 7) is 6.62. The van der Waals surface area contributed by atoms with Crippen molar-refractivity contribution in [3.05, 3.63) is 11.8 Å². The number of hydrogen-bond acceptors (Lipinski definition) is 6. The molecule has 18 heavy (non-hydrogen) atoms. The topological polar surface area (TPSA) is 70.5 Å². The summed E-state index contributed by atoms with van der Waals surface area (Å²) in [4.78, 5) is 10.7. The Hall–Kier alpha value is -1.40. The van der Waals surface area contributed by atoms with Gasteiger partial charge in [-0.3, -0.25) is 0 Å². The van der Waals surface area contributed by atoms with Gasteiger partial charge in [0.15, 0.2) is 0 Å². The van der Waals surface area contributed by atoms with Crippen molar-refractivity contribution in [1.29, 1.82) is 0 Å². The van der Waals surface area contributed by atoms with E-state index in [0.29, 0.717) is 25.6 Å². The van der Waals surface area contributed by atoms with Crippen LogP contribution in [0.3, 0.4) is 0 Å². The molecule has 0 aliphatic heterocycles. The van der Waals surface area contributed by atoms with Crippen molar-refractivity contribution in [2.45, 2.75) is 13.8 Å². The summed E-state index contributed by atoms with van der Waals surface area (Å²) in [5.41, 5.74) is 0.899. The zero-order chi connectivity index (χ0) is 13.4. The normalized spacial score (nSPS) is 10.4. The van der Waals surface area contributed by atoms with Gasteiger partial charge in [0.1, 0.15) is 5.82 Å². The summed E-state index contributed by atoms with van der Waals surface area (Å²) in [5.74, 6) is 1.43. The third-order valence-electron chi connectivity index (χ3n) is 2.43. The maximum absolute atomic E-state index is 9.10. The summed E-state index contributed by atoms with van der Waals surface area (Å²) in [6, 6.07) is 1.91. The summed E-state index contributed by atoms with van der Waals surface area (Å²) in [6.07, 6.45) is 0. The highest BCUT2D eigenvalue weighted by molar-refractivity contribution is 5.44. The lowest BCUT2D eigenvalue weighted by Crippen LogP contribution is -2.31. The molecule has 0 bridgehead atoms. The first-order valence-electron chi connectivity index (χ1n) is 6.15. The zero-order valence-corrected chi connectivity index (χ0v) is 11.3. The van der Waals surface area contributed by atoms with E-state index in [1.165, 1.54) is 0 Å². The van der Waals surface area contributed by atoms with Crippen molar-refractivity contribution in [1.82, 2.24) is 9.97 Å². The Morgan fingerprint density at radius 2 is 2.17 bits per heavy atom. The van der Waals surface area contributed by atoms with Gasteiger partial charge in [-0.2, -0.15) is 4.98 Å². The lowest BCUT2D eigenvalue weighted by atomic mass is 10.3. The first-order valence-corrected chi connectivity index (χ1v) is 6.15. The number of anilines is 2. The van der Waals surface area contributed by atoms with Crippen LogP contribution < -0.4 is 10.2 Å². The summed E-state index contributed by atoms with van der Waals surface area (Å²) in [7, 11) is 1.66. The van der Waals surface area contributed by atoms with Crippen LogP contribution in [0.5, 0.6) is 0 Å². The largest absolute Gasteiger partial charge is 0.395 e. The predicted octanol–water partition coefficient (Wildman–Crippen LogP) is 0.662. The molecule has 1 rings (SSSR count). The monoisotopic (exact) mass is 254 g/mol. The van der Waals surface area contributed by atoms with Crippen LogP contribution in [-0.2, 0) is 4.74 Å². The Morgan fingerprint density at radius 3 is 2.78 bits per heavy atom. The third-order valence-corrected chi connectivity index (χ3v) is 2.43. The highest BCUT2D eigenvalue weighted by Crippen LogP contribution is 2.14. The average molecular weight is 254 g/mol. The molecule has 1 aromatic rings. The molecule has 2 N–H and O–H groups in total. The van der Waals surface area contributed by atoms with Crippen LogP contribution >= 0.6 is 0 Å². The van der Waals surface area contributed by atoms with Gasteiger partial charge in [0.05, 0.1) is 13.2 Å². The molecule has 1 aromatic heterocycles. The Labute approximate surface area is 108 Å². The molecule has 0 aliphatic rings. The van der Waals surface area contributed by atoms with Gasteiger partial charge in [-0.05, 0) is 13.8 Å². The number of rotatable bonds is 8. The number of nitrogens with one attached hydrogen (secondary N) is 1. The van der Waals surface area contributed by atoms with Crippen LogP contribution in [-0.4, -0.2) is 55.0 Å². The number of hydrogen-bond donors (Lipinski definition) is 2. The first kappa shape index (κ1) is 14.7. The second-order valence-electron chi connectivity index (χ2n) is 3.92. The minimum Gasteiger partial charge on any atom is -0.395 e. The van der Waals surface area contributed by atoms with Crippen molar-refractivity contribution < 1.29 is 9.84 Å². The average Bonchev–Trinajstić information content (AvgIpc) is 2.34. The maximum atomic E-state index is 9.10. The fourth-order valence-corrected chi connectivity index (χ4v) is 1.61. The van der Waals surface area contributed by atoms with Crippen molar-refractivity contribution in [3.8, 4) is 0 Å². The Balaban J connectivity index is 2.87. The quantitative estimate of drug-likeness (QED) is 0.710. The first-order chi connectivity index (χ1) is 8.71. The molecule has 1 heterocycles. The number of aryl methyl sites for hydroxylation is 1. The zero-order valence-electron chi connectivity index (χ0n) is 11.3. The van der Waals surface area contributed by atoms with Gasteiger partial charge in [0.2, 0.25) is 5.95 Å². The highest BCUT2D eigenvalue weighted by Gasteiger charge is 2.09. The Morgan fingerprint density at radius 1 is 1.39 bits per heavy atom. The van der Waals surface area contributed by atoms with Gasteiger partial charge in [-0.1, -0.05) is 0 Å². The lowest BCUT2D eigenvalue weighted by molar-refractivity contribution is 0.202. The molecule has 0 radical (unpaired) electrons. The second kappa shape index (κ2) is 7.84. The van der Waals surface area contributed by atoms with E-state index in [-0.39, 0.29) is 6.61 Å². The second-order valence-corrected chi connectivity index (χ2v) is 3.92. The molecule has 0 saturated carbocycles. The van der Waals surface area contributed by atoms with Crippen LogP contribution in [0.2, 0.25) is 0 Å². The van der Waals surface area contributed by atoms with Crippen molar-refractivity contribution in [2.75, 3.05) is 50.2 Å². The molecule has 0 amide bonds. The molecule has 0 aromatic carbocycles. The molecule has 0 fully saturated rings. The summed E-state index contributed by atoms with van der Waals surface area (Å²) < 4.78 is 5.07. The lowest BCUT2D eigenvalue weighted by Gasteiger charge is -2.23. The number of ether oxygens (including phenoxy) is 1. The number of aliphatic hydroxyl groups excluding tert-OH is 1. The van der Waals surface area contributed by atoms with E-state index in [1.54, 1.807) is 7.11 Å². The number of methoxy groups -OCH3 is 1. The maximum Gasteiger partial charge on any atom is 0.224 e. The van der Waals surface area contributed by atoms with E-state index in [4.69, 9.17) is 9.84 Å². The molecule has 0 atom stereocenters. The summed E-state index contributed by atoms with van der Waals surface area (Å²) >= 11 is 0. The van der Waals surface area contributed by atoms with Crippen LogP contribution in [0.25, 0.3) is 0 Å². The van der Waals surface area contributed by atoms with Crippen LogP contribution in [0.15, 0.2) is 6.07 Å². The molecule has 0 saturated heterocycles. The van der Waals surface area contributed by atoms with Crippen molar-refractivity contribution >= 4 is 11.8 Å². The Kier molecular flexibility index (Phi) is 6.38. The van der Waals surface area contributed by atoms with Crippen molar-refractivity contribution in [3.63, 3.8) is 0 Å². The molecule has 0 aliphatic carbocycles. The van der Waals surface area contributed by atoms with Gasteiger partial charge in [0, 0.05) is 38.5 Å². The van der Waals surface area contributed by atoms with Gasteiger partial charge in [0.25, 0.3) is 0 Å². The SMILES string of the molecule is CCNc1nc(C)cc(N(CCO)CCOC)n1. The van der Waals surface area contributed by atoms with Crippen molar-refractivity contribution in [2.24, 2.45) is 0 Å². The van der Waals surface area contributed by atoms with Gasteiger partial charge < -0.3 is 20.1 Å². The van der Waals surface area contributed by atoms with Gasteiger partial charge in [-0.25, -0.2) is 4.98 Å². The molecule has 6 nitrogen and oxygen atoms in total. The van der Waals surface area contributed by atoms with Crippen LogP contribution in [0.1, 0.15) is 12.6 Å². The Bertz CT molecular complexity index is 360. The van der Waals surface area contributed by atoms with E-state index < -0.39 is 0 Å². The van der Waals surface area contributed by atoms with Crippen LogP contribution in [0.4, 0.5) is 11.8 Å². The fraction of sp³-hybridized carbons (Fsp3) is 0.667. The van der Waals surface area contributed by atoms with Gasteiger partial charge in [-0.15, -0.1) is 0 Å². The van der Waals surface area contributed by atoms with Crippen LogP contribution in [0, 0.1) is 6.92 Å². The van der Waals surface area contributed by atoms with E-state index in [9.17, 15) is 0 Å². The number of nitrogens with zero attached hydrogens (tertiary/aromatic N) is 3. The molecule has 0 unspecified atom stereocenters. The van der Waals surface area contributed by atoms with E-state index in [2.05, 4.69) is 15.3 Å². The van der Waals surface area contributed by atoms with E-state index in [1.807, 2.05) is 24.8 Å². The fourth-order valence-electron chi connectivity index (χ4n) is 1.61. The van der Waals surface area contributed by atoms with Gasteiger partial charge >= 0.3 is 0 Å². The predicted molar refractivity (Wildman–Crippen MR) is 72.1 cm³/mol. The number of aromatic nitrogens is 2. The molecule has 0 spiro atoms. The van der Waals surface area contributed by atoms with E-state index in [0.717, 1.165) is 18.1 Å². The molecular formula is C12H22N4O2.